The average molecular weight is 273 g/mol. The van der Waals surface area contributed by atoms with Gasteiger partial charge in [0, 0.05) is 0 Å². The molecule has 2 aromatic rings. The lowest BCUT2D eigenvalue weighted by atomic mass is 10.1. The molecule has 0 spiro atoms. The van der Waals surface area contributed by atoms with Crippen LogP contribution in [0.4, 0.5) is 5.69 Å². The van der Waals surface area contributed by atoms with Gasteiger partial charge in [-0.25, -0.2) is 4.79 Å². The van der Waals surface area contributed by atoms with Crippen LogP contribution in [0.1, 0.15) is 16.8 Å². The van der Waals surface area contributed by atoms with E-state index < -0.39 is 21.9 Å². The van der Waals surface area contributed by atoms with E-state index in [9.17, 15) is 19.7 Å². The number of benzene rings is 1. The Kier molecular flexibility index (Phi) is 3.60. The van der Waals surface area contributed by atoms with Crippen molar-refractivity contribution >= 4 is 17.8 Å². The van der Waals surface area contributed by atoms with Crippen LogP contribution in [0.5, 0.6) is 0 Å². The summed E-state index contributed by atoms with van der Waals surface area (Å²) in [6.07, 6.45) is 2.95. The van der Waals surface area contributed by atoms with Crippen LogP contribution in [-0.2, 0) is 0 Å². The number of rotatable bonds is 3. The van der Waals surface area contributed by atoms with Gasteiger partial charge >= 0.3 is 16.9 Å². The second kappa shape index (κ2) is 5.35. The van der Waals surface area contributed by atoms with Gasteiger partial charge in [-0.05, 0) is 24.1 Å². The Hall–Kier alpha value is -2.96. The lowest BCUT2D eigenvalue weighted by Crippen LogP contribution is -2.25. The monoisotopic (exact) mass is 273 g/mol. The van der Waals surface area contributed by atoms with Crippen molar-refractivity contribution in [1.82, 2.24) is 9.97 Å². The topological polar surface area (TPSA) is 109 Å². The van der Waals surface area contributed by atoms with Crippen LogP contribution in [0.3, 0.4) is 0 Å². The summed E-state index contributed by atoms with van der Waals surface area (Å²) in [7, 11) is 0. The number of H-pyrrole nitrogens is 2. The zero-order chi connectivity index (χ0) is 14.7. The van der Waals surface area contributed by atoms with Crippen LogP contribution in [0.2, 0.25) is 0 Å². The molecule has 1 aromatic heterocycles. The first-order valence-corrected chi connectivity index (χ1v) is 5.74. The molecule has 2 N–H and O–H groups in total. The molecule has 2 rings (SSSR count). The molecule has 0 atom stereocenters. The van der Waals surface area contributed by atoms with Crippen LogP contribution in [-0.4, -0.2) is 14.9 Å². The largest absolute Gasteiger partial charge is 0.357 e. The van der Waals surface area contributed by atoms with Crippen molar-refractivity contribution in [3.8, 4) is 0 Å². The van der Waals surface area contributed by atoms with Crippen LogP contribution in [0.15, 0.2) is 33.9 Å². The van der Waals surface area contributed by atoms with Crippen molar-refractivity contribution in [3.63, 3.8) is 0 Å². The number of hydrogen-bond acceptors (Lipinski definition) is 4. The number of nitrogens with zero attached hydrogens (tertiary/aromatic N) is 1. The van der Waals surface area contributed by atoms with Crippen LogP contribution < -0.4 is 11.2 Å². The molecule has 0 aliphatic carbocycles. The lowest BCUT2D eigenvalue weighted by molar-refractivity contribution is -0.386. The van der Waals surface area contributed by atoms with E-state index in [1.807, 2.05) is 36.2 Å². The second-order valence-corrected chi connectivity index (χ2v) is 4.12. The van der Waals surface area contributed by atoms with Crippen molar-refractivity contribution in [2.24, 2.45) is 0 Å². The zero-order valence-corrected chi connectivity index (χ0v) is 10.5. The van der Waals surface area contributed by atoms with Gasteiger partial charge < -0.3 is 4.98 Å². The molecule has 7 nitrogen and oxygen atoms in total. The second-order valence-electron chi connectivity index (χ2n) is 4.12. The summed E-state index contributed by atoms with van der Waals surface area (Å²) in [5, 5.41) is 10.9. The minimum atomic E-state index is -1.02. The van der Waals surface area contributed by atoms with Crippen LogP contribution in [0, 0.1) is 17.0 Å². The molecule has 0 radical (unpaired) electrons. The van der Waals surface area contributed by atoms with E-state index in [0.717, 1.165) is 11.1 Å². The quantitative estimate of drug-likeness (QED) is 0.651. The highest BCUT2D eigenvalue weighted by atomic mass is 16.6. The Balaban J connectivity index is 2.54. The van der Waals surface area contributed by atoms with E-state index in [0.29, 0.717) is 0 Å². The summed E-state index contributed by atoms with van der Waals surface area (Å²) in [4.78, 5) is 36.7. The maximum atomic E-state index is 11.4. The summed E-state index contributed by atoms with van der Waals surface area (Å²) in [5.74, 6) is 0. The highest BCUT2D eigenvalue weighted by Gasteiger charge is 2.18. The van der Waals surface area contributed by atoms with E-state index in [-0.39, 0.29) is 5.69 Å². The Bertz CT molecular complexity index is 802. The number of hydrogen-bond donors (Lipinski definition) is 2. The molecular formula is C13H11N3O4. The molecular weight excluding hydrogens is 262 g/mol. The predicted octanol–water partition coefficient (Wildman–Crippen LogP) is 1.45. The van der Waals surface area contributed by atoms with E-state index in [4.69, 9.17) is 0 Å². The summed E-state index contributed by atoms with van der Waals surface area (Å²) < 4.78 is 0. The van der Waals surface area contributed by atoms with Crippen molar-refractivity contribution in [1.29, 1.82) is 0 Å². The van der Waals surface area contributed by atoms with Crippen molar-refractivity contribution in [3.05, 3.63) is 72.0 Å². The van der Waals surface area contributed by atoms with E-state index >= 15 is 0 Å². The fourth-order valence-electron chi connectivity index (χ4n) is 1.75. The number of aromatic amines is 2. The van der Waals surface area contributed by atoms with Crippen molar-refractivity contribution in [2.45, 2.75) is 6.92 Å². The lowest BCUT2D eigenvalue weighted by Gasteiger charge is -1.99. The highest BCUT2D eigenvalue weighted by Crippen LogP contribution is 2.14. The standard InChI is InChI=1S/C13H11N3O4/c1-8-4-2-3-5-9(8)6-7-10-11(16(19)20)12(17)15-13(18)14-10/h2-7H,1H3,(H2,14,15,17,18). The van der Waals surface area contributed by atoms with Gasteiger partial charge in [0.2, 0.25) is 0 Å². The van der Waals surface area contributed by atoms with E-state index in [1.165, 1.54) is 6.08 Å². The minimum Gasteiger partial charge on any atom is -0.301 e. The van der Waals surface area contributed by atoms with Gasteiger partial charge in [-0.15, -0.1) is 0 Å². The Labute approximate surface area is 112 Å². The third-order valence-electron chi connectivity index (χ3n) is 2.75. The summed E-state index contributed by atoms with van der Waals surface area (Å²) in [6.45, 7) is 1.88. The molecule has 0 unspecified atom stereocenters. The van der Waals surface area contributed by atoms with Gasteiger partial charge in [0.1, 0.15) is 5.69 Å². The van der Waals surface area contributed by atoms with Crippen molar-refractivity contribution < 1.29 is 4.92 Å². The minimum absolute atomic E-state index is 0.132. The molecule has 0 saturated carbocycles. The molecule has 1 heterocycles. The van der Waals surface area contributed by atoms with Crippen molar-refractivity contribution in [2.75, 3.05) is 0 Å². The SMILES string of the molecule is Cc1ccccc1C=Cc1[nH]c(=O)[nH]c(=O)c1[N+](=O)[O-]. The normalized spacial score (nSPS) is 10.8. The highest BCUT2D eigenvalue weighted by molar-refractivity contribution is 5.72. The molecule has 102 valence electrons. The third-order valence-corrected chi connectivity index (χ3v) is 2.75. The van der Waals surface area contributed by atoms with E-state index in [2.05, 4.69) is 4.98 Å². The maximum absolute atomic E-state index is 11.4. The Morgan fingerprint density at radius 1 is 1.15 bits per heavy atom. The molecule has 20 heavy (non-hydrogen) atoms. The molecule has 0 fully saturated rings. The maximum Gasteiger partial charge on any atom is 0.357 e. The molecule has 0 aliphatic heterocycles. The first-order chi connectivity index (χ1) is 9.49. The average Bonchev–Trinajstić information content (AvgIpc) is 2.36. The summed E-state index contributed by atoms with van der Waals surface area (Å²) in [6, 6.07) is 7.39. The fraction of sp³-hybridized carbons (Fsp3) is 0.0769. The molecule has 1 aromatic carbocycles. The first-order valence-electron chi connectivity index (χ1n) is 5.74. The van der Waals surface area contributed by atoms with E-state index in [1.54, 1.807) is 6.08 Å². The zero-order valence-electron chi connectivity index (χ0n) is 10.5. The third kappa shape index (κ3) is 2.72. The summed E-state index contributed by atoms with van der Waals surface area (Å²) in [5.41, 5.74) is -0.823. The fourth-order valence-corrected chi connectivity index (χ4v) is 1.75. The van der Waals surface area contributed by atoms with Gasteiger partial charge in [0.15, 0.2) is 0 Å². The Morgan fingerprint density at radius 3 is 2.50 bits per heavy atom. The molecule has 0 amide bonds. The molecule has 0 saturated heterocycles. The number of aromatic nitrogens is 2. The number of nitro groups is 1. The van der Waals surface area contributed by atoms with Gasteiger partial charge in [-0.2, -0.15) is 0 Å². The van der Waals surface area contributed by atoms with Crippen LogP contribution in [0.25, 0.3) is 12.2 Å². The number of aryl methyl sites for hydroxylation is 1. The molecule has 0 bridgehead atoms. The number of nitrogens with one attached hydrogen (secondary N) is 2. The van der Waals surface area contributed by atoms with Gasteiger partial charge in [0.05, 0.1) is 4.92 Å². The smallest absolute Gasteiger partial charge is 0.301 e. The predicted molar refractivity (Wildman–Crippen MR) is 74.4 cm³/mol. The summed E-state index contributed by atoms with van der Waals surface area (Å²) >= 11 is 0. The molecule has 0 aliphatic rings. The van der Waals surface area contributed by atoms with Gasteiger partial charge in [-0.1, -0.05) is 30.3 Å². The van der Waals surface area contributed by atoms with Gasteiger partial charge in [-0.3, -0.25) is 19.9 Å². The first kappa shape index (κ1) is 13.5. The van der Waals surface area contributed by atoms with Gasteiger partial charge in [0.25, 0.3) is 0 Å². The Morgan fingerprint density at radius 2 is 1.85 bits per heavy atom. The van der Waals surface area contributed by atoms with Crippen LogP contribution >= 0.6 is 0 Å². The molecule has 7 heteroatoms.